The first kappa shape index (κ1) is 12.4. The number of anilines is 1. The predicted octanol–water partition coefficient (Wildman–Crippen LogP) is 2.68. The molecule has 100 valence electrons. The molecule has 18 heavy (non-hydrogen) atoms. The van der Waals surface area contributed by atoms with Crippen molar-refractivity contribution >= 4 is 16.5 Å². The summed E-state index contributed by atoms with van der Waals surface area (Å²) >= 11 is 1.84. The molecule has 0 saturated carbocycles. The number of hydrogen-bond donors (Lipinski definition) is 2. The Balaban J connectivity index is 1.82. The average Bonchev–Trinajstić information content (AvgIpc) is 2.79. The Morgan fingerprint density at radius 2 is 2.33 bits per heavy atom. The van der Waals surface area contributed by atoms with Crippen LogP contribution in [0.5, 0.6) is 0 Å². The monoisotopic (exact) mass is 265 g/mol. The van der Waals surface area contributed by atoms with E-state index in [9.17, 15) is 0 Å². The molecule has 1 unspecified atom stereocenters. The van der Waals surface area contributed by atoms with Gasteiger partial charge in [0.2, 0.25) is 0 Å². The largest absolute Gasteiger partial charge is 0.365 e. The summed E-state index contributed by atoms with van der Waals surface area (Å²) < 4.78 is 0. The topological polar surface area (TPSA) is 37.0 Å². The number of fused-ring (bicyclic) bond motifs is 2. The third kappa shape index (κ3) is 2.16. The molecule has 1 aromatic heterocycles. The van der Waals surface area contributed by atoms with Crippen molar-refractivity contribution in [2.75, 3.05) is 18.9 Å². The van der Waals surface area contributed by atoms with Crippen LogP contribution < -0.4 is 10.6 Å². The van der Waals surface area contributed by atoms with Crippen molar-refractivity contribution in [3.63, 3.8) is 0 Å². The second kappa shape index (κ2) is 5.17. The molecule has 1 saturated heterocycles. The highest BCUT2D eigenvalue weighted by molar-refractivity contribution is 7.15. The number of aromatic nitrogens is 1. The summed E-state index contributed by atoms with van der Waals surface area (Å²) in [5, 5.41) is 8.01. The van der Waals surface area contributed by atoms with Gasteiger partial charge in [-0.05, 0) is 37.6 Å². The van der Waals surface area contributed by atoms with E-state index in [0.29, 0.717) is 6.04 Å². The molecule has 0 amide bonds. The first-order valence-corrected chi connectivity index (χ1v) is 8.03. The number of nitrogens with zero attached hydrogens (tertiary/aromatic N) is 1. The maximum atomic E-state index is 4.73. The van der Waals surface area contributed by atoms with E-state index in [1.165, 1.54) is 49.2 Å². The van der Waals surface area contributed by atoms with E-state index in [0.717, 1.165) is 17.0 Å². The maximum Gasteiger partial charge on any atom is 0.182 e. The maximum absolute atomic E-state index is 4.73. The van der Waals surface area contributed by atoms with Crippen LogP contribution in [0.15, 0.2) is 0 Å². The molecule has 1 aliphatic carbocycles. The van der Waals surface area contributed by atoms with Crippen molar-refractivity contribution in [2.24, 2.45) is 11.8 Å². The highest BCUT2D eigenvalue weighted by Crippen LogP contribution is 2.39. The highest BCUT2D eigenvalue weighted by atomic mass is 32.1. The molecule has 2 N–H and O–H groups in total. The highest BCUT2D eigenvalue weighted by Gasteiger charge is 2.37. The summed E-state index contributed by atoms with van der Waals surface area (Å²) in [6, 6.07) is 0.702. The molecule has 0 spiro atoms. The molecular formula is C14H23N3S. The lowest BCUT2D eigenvalue weighted by molar-refractivity contribution is 0.165. The third-order valence-electron chi connectivity index (χ3n) is 4.53. The van der Waals surface area contributed by atoms with Gasteiger partial charge in [0.05, 0.1) is 5.69 Å². The van der Waals surface area contributed by atoms with Crippen LogP contribution in [0.2, 0.25) is 0 Å². The van der Waals surface area contributed by atoms with E-state index in [1.54, 1.807) is 0 Å². The number of thiazole rings is 1. The second-order valence-corrected chi connectivity index (χ2v) is 6.69. The van der Waals surface area contributed by atoms with E-state index in [-0.39, 0.29) is 0 Å². The summed E-state index contributed by atoms with van der Waals surface area (Å²) in [5.41, 5.74) is 1.37. The number of hydrogen-bond acceptors (Lipinski definition) is 4. The zero-order valence-corrected chi connectivity index (χ0v) is 12.1. The van der Waals surface area contributed by atoms with Crippen molar-refractivity contribution in [2.45, 2.75) is 45.1 Å². The van der Waals surface area contributed by atoms with Crippen molar-refractivity contribution in [3.05, 3.63) is 10.6 Å². The normalized spacial score (nSPS) is 30.7. The Morgan fingerprint density at radius 1 is 1.44 bits per heavy atom. The van der Waals surface area contributed by atoms with Gasteiger partial charge in [-0.1, -0.05) is 19.8 Å². The van der Waals surface area contributed by atoms with Crippen LogP contribution >= 0.6 is 11.3 Å². The molecule has 1 fully saturated rings. The van der Waals surface area contributed by atoms with Crippen LogP contribution in [0, 0.1) is 11.8 Å². The molecule has 0 aromatic carbocycles. The van der Waals surface area contributed by atoms with Crippen LogP contribution in [0.3, 0.4) is 0 Å². The van der Waals surface area contributed by atoms with E-state index < -0.39 is 0 Å². The lowest BCUT2D eigenvalue weighted by Gasteiger charge is -2.41. The lowest BCUT2D eigenvalue weighted by atomic mass is 9.72. The number of rotatable bonds is 3. The summed E-state index contributed by atoms with van der Waals surface area (Å²) in [6.45, 7) is 3.52. The minimum absolute atomic E-state index is 0.702. The summed E-state index contributed by atoms with van der Waals surface area (Å²) in [7, 11) is 1.97. The van der Waals surface area contributed by atoms with Crippen LogP contribution in [0.4, 0.5) is 5.13 Å². The predicted molar refractivity (Wildman–Crippen MR) is 77.4 cm³/mol. The van der Waals surface area contributed by atoms with Gasteiger partial charge < -0.3 is 10.6 Å². The molecule has 3 rings (SSSR count). The Kier molecular flexibility index (Phi) is 3.57. The lowest BCUT2D eigenvalue weighted by Crippen LogP contribution is -2.50. The van der Waals surface area contributed by atoms with Gasteiger partial charge in [0, 0.05) is 18.0 Å². The Bertz CT molecular complexity index is 413. The van der Waals surface area contributed by atoms with Gasteiger partial charge >= 0.3 is 0 Å². The minimum Gasteiger partial charge on any atom is -0.365 e. The van der Waals surface area contributed by atoms with Gasteiger partial charge in [0.25, 0.3) is 0 Å². The minimum atomic E-state index is 0.702. The van der Waals surface area contributed by atoms with E-state index in [4.69, 9.17) is 4.98 Å². The average molecular weight is 265 g/mol. The smallest absolute Gasteiger partial charge is 0.182 e. The molecule has 3 atom stereocenters. The SMILES string of the molecule is CCCC1CCN[C@@H]2Cc3sc(NC)nc3C[C@@H]12. The van der Waals surface area contributed by atoms with Crippen LogP contribution in [-0.4, -0.2) is 24.6 Å². The van der Waals surface area contributed by atoms with Gasteiger partial charge in [0.15, 0.2) is 5.13 Å². The second-order valence-electron chi connectivity index (χ2n) is 5.61. The van der Waals surface area contributed by atoms with Gasteiger partial charge in [-0.25, -0.2) is 4.98 Å². The Hall–Kier alpha value is -0.610. The van der Waals surface area contributed by atoms with E-state index in [1.807, 2.05) is 18.4 Å². The fraction of sp³-hybridized carbons (Fsp3) is 0.786. The van der Waals surface area contributed by atoms with Crippen molar-refractivity contribution < 1.29 is 0 Å². The Morgan fingerprint density at radius 3 is 3.11 bits per heavy atom. The van der Waals surface area contributed by atoms with Crippen LogP contribution in [0.25, 0.3) is 0 Å². The Labute approximate surface area is 113 Å². The van der Waals surface area contributed by atoms with Gasteiger partial charge in [-0.3, -0.25) is 0 Å². The molecule has 4 heteroatoms. The van der Waals surface area contributed by atoms with Crippen molar-refractivity contribution in [1.29, 1.82) is 0 Å². The standard InChI is InChI=1S/C14H23N3S/c1-3-4-9-5-6-16-11-8-13-12(7-10(9)11)17-14(15-2)18-13/h9-11,16H,3-8H2,1-2H3,(H,15,17)/t9?,10-,11+/m0/s1. The number of piperidine rings is 1. The summed E-state index contributed by atoms with van der Waals surface area (Å²) in [6.07, 6.45) is 6.45. The summed E-state index contributed by atoms with van der Waals surface area (Å²) in [4.78, 5) is 6.24. The molecular weight excluding hydrogens is 242 g/mol. The fourth-order valence-electron chi connectivity index (χ4n) is 3.64. The van der Waals surface area contributed by atoms with E-state index in [2.05, 4.69) is 17.6 Å². The molecule has 0 radical (unpaired) electrons. The van der Waals surface area contributed by atoms with Crippen molar-refractivity contribution in [1.82, 2.24) is 10.3 Å². The fourth-order valence-corrected chi connectivity index (χ4v) is 4.64. The van der Waals surface area contributed by atoms with Gasteiger partial charge in [-0.2, -0.15) is 0 Å². The molecule has 2 heterocycles. The molecule has 1 aromatic rings. The summed E-state index contributed by atoms with van der Waals surface area (Å²) in [5.74, 6) is 1.73. The van der Waals surface area contributed by atoms with Crippen molar-refractivity contribution in [3.8, 4) is 0 Å². The molecule has 2 aliphatic rings. The van der Waals surface area contributed by atoms with E-state index >= 15 is 0 Å². The van der Waals surface area contributed by atoms with Gasteiger partial charge in [-0.15, -0.1) is 11.3 Å². The van der Waals surface area contributed by atoms with Gasteiger partial charge in [0.1, 0.15) is 0 Å². The molecule has 3 nitrogen and oxygen atoms in total. The van der Waals surface area contributed by atoms with Crippen LogP contribution in [-0.2, 0) is 12.8 Å². The third-order valence-corrected chi connectivity index (χ3v) is 5.67. The zero-order chi connectivity index (χ0) is 12.5. The number of nitrogens with one attached hydrogen (secondary N) is 2. The quantitative estimate of drug-likeness (QED) is 0.882. The van der Waals surface area contributed by atoms with Crippen LogP contribution in [0.1, 0.15) is 36.8 Å². The zero-order valence-electron chi connectivity index (χ0n) is 11.3. The molecule has 0 bridgehead atoms. The first-order valence-electron chi connectivity index (χ1n) is 7.21. The first-order chi connectivity index (χ1) is 8.81. The molecule has 1 aliphatic heterocycles.